The minimum atomic E-state index is -4.04. The fourth-order valence-electron chi connectivity index (χ4n) is 6.21. The van der Waals surface area contributed by atoms with Gasteiger partial charge in [0, 0.05) is 23.4 Å². The van der Waals surface area contributed by atoms with E-state index in [1.54, 1.807) is 30.7 Å². The van der Waals surface area contributed by atoms with E-state index in [0.717, 1.165) is 43.2 Å². The van der Waals surface area contributed by atoms with Crippen molar-refractivity contribution in [2.75, 3.05) is 5.32 Å². The minimum absolute atomic E-state index is 0.0880. The molecule has 8 nitrogen and oxygen atoms in total. The average Bonchev–Trinajstić information content (AvgIpc) is 3.10. The van der Waals surface area contributed by atoms with Crippen molar-refractivity contribution in [1.82, 2.24) is 9.97 Å². The van der Waals surface area contributed by atoms with Crippen LogP contribution in [0.5, 0.6) is 5.75 Å². The van der Waals surface area contributed by atoms with Crippen molar-refractivity contribution in [1.29, 1.82) is 0 Å². The average molecular weight is 455 g/mol. The molecule has 1 aromatic carbocycles. The maximum atomic E-state index is 13.1. The lowest BCUT2D eigenvalue weighted by Crippen LogP contribution is -2.43. The Morgan fingerprint density at radius 3 is 2.88 bits per heavy atom. The molecule has 1 heterocycles. The van der Waals surface area contributed by atoms with Gasteiger partial charge in [-0.05, 0) is 73.1 Å². The number of nitrogens with two attached hydrogens (primary N) is 1. The molecule has 4 atom stereocenters. The fraction of sp³-hybridized carbons (Fsp3) is 0.435. The van der Waals surface area contributed by atoms with Crippen LogP contribution in [0.25, 0.3) is 0 Å². The third-order valence-electron chi connectivity index (χ3n) is 7.54. The maximum absolute atomic E-state index is 13.1. The maximum Gasteiger partial charge on any atom is 0.380 e. The Bertz CT molecular complexity index is 1200. The normalized spacial score (nSPS) is 28.7. The second kappa shape index (κ2) is 7.67. The van der Waals surface area contributed by atoms with Gasteiger partial charge >= 0.3 is 10.3 Å². The Morgan fingerprint density at radius 2 is 2.12 bits per heavy atom. The molecule has 5 rings (SSSR count). The minimum Gasteiger partial charge on any atom is -0.371 e. The molecule has 9 heteroatoms. The monoisotopic (exact) mass is 454 g/mol. The van der Waals surface area contributed by atoms with Crippen LogP contribution < -0.4 is 14.6 Å². The van der Waals surface area contributed by atoms with Crippen LogP contribution in [-0.2, 0) is 21.5 Å². The number of nitrogens with one attached hydrogen (secondary N) is 1. The van der Waals surface area contributed by atoms with Crippen LogP contribution in [0.1, 0.15) is 49.7 Å². The zero-order valence-electron chi connectivity index (χ0n) is 17.8. The molecule has 32 heavy (non-hydrogen) atoms. The molecule has 2 aromatic rings. The predicted octanol–water partition coefficient (Wildman–Crippen LogP) is 3.09. The van der Waals surface area contributed by atoms with Gasteiger partial charge in [-0.2, -0.15) is 13.6 Å². The van der Waals surface area contributed by atoms with Crippen molar-refractivity contribution in [3.63, 3.8) is 0 Å². The number of allylic oxidation sites excluding steroid dienone is 1. The third kappa shape index (κ3) is 3.69. The molecule has 0 aliphatic heterocycles. The summed E-state index contributed by atoms with van der Waals surface area (Å²) in [5.41, 5.74) is 3.08. The highest BCUT2D eigenvalue weighted by Crippen LogP contribution is 2.61. The highest BCUT2D eigenvalue weighted by molar-refractivity contribution is 7.84. The van der Waals surface area contributed by atoms with E-state index in [9.17, 15) is 13.2 Å². The molecule has 1 saturated carbocycles. The molecule has 4 unspecified atom stereocenters. The molecular formula is C23H26N4O4S. The number of hydrogen-bond donors (Lipinski definition) is 2. The van der Waals surface area contributed by atoms with Crippen LogP contribution in [0.4, 0.5) is 5.82 Å². The molecule has 1 amide bonds. The number of rotatable bonds is 4. The van der Waals surface area contributed by atoms with E-state index in [1.165, 1.54) is 5.56 Å². The zero-order chi connectivity index (χ0) is 22.5. The van der Waals surface area contributed by atoms with Gasteiger partial charge in [-0.15, -0.1) is 0 Å². The second-order valence-corrected chi connectivity index (χ2v) is 10.4. The predicted molar refractivity (Wildman–Crippen MR) is 119 cm³/mol. The van der Waals surface area contributed by atoms with Gasteiger partial charge in [0.2, 0.25) is 0 Å². The number of fused-ring (bicyclic) bond motifs is 5. The Morgan fingerprint density at radius 1 is 1.28 bits per heavy atom. The number of hydrogen-bond acceptors (Lipinski definition) is 6. The fourth-order valence-corrected chi connectivity index (χ4v) is 6.58. The summed E-state index contributed by atoms with van der Waals surface area (Å²) < 4.78 is 27.4. The smallest absolute Gasteiger partial charge is 0.371 e. The van der Waals surface area contributed by atoms with Gasteiger partial charge in [0.1, 0.15) is 5.75 Å². The zero-order valence-corrected chi connectivity index (χ0v) is 18.6. The SMILES string of the molecule is CC12CCC3c4ccc(OS(N)(=O)=O)cc4CCC3C1CC=C2C(=O)Nc1cnccn1. The van der Waals surface area contributed by atoms with E-state index in [1.807, 2.05) is 6.07 Å². The van der Waals surface area contributed by atoms with Gasteiger partial charge in [-0.1, -0.05) is 19.1 Å². The number of benzene rings is 1. The quantitative estimate of drug-likeness (QED) is 0.731. The second-order valence-electron chi connectivity index (χ2n) is 9.21. The van der Waals surface area contributed by atoms with Crippen LogP contribution in [0, 0.1) is 17.3 Å². The molecule has 0 saturated heterocycles. The van der Waals surface area contributed by atoms with Gasteiger partial charge in [0.05, 0.1) is 6.20 Å². The Hall–Kier alpha value is -2.78. The first-order valence-corrected chi connectivity index (χ1v) is 12.3. The number of nitrogens with zero attached hydrogens (tertiary/aromatic N) is 2. The van der Waals surface area contributed by atoms with Gasteiger partial charge in [-0.3, -0.25) is 9.78 Å². The van der Waals surface area contributed by atoms with Gasteiger partial charge in [0.15, 0.2) is 5.82 Å². The first-order valence-electron chi connectivity index (χ1n) is 10.9. The summed E-state index contributed by atoms with van der Waals surface area (Å²) in [6, 6.07) is 5.47. The largest absolute Gasteiger partial charge is 0.380 e. The van der Waals surface area contributed by atoms with Crippen molar-refractivity contribution in [2.45, 2.75) is 44.9 Å². The first-order chi connectivity index (χ1) is 15.2. The van der Waals surface area contributed by atoms with Crippen LogP contribution >= 0.6 is 0 Å². The van der Waals surface area contributed by atoms with Crippen LogP contribution in [-0.4, -0.2) is 24.3 Å². The third-order valence-corrected chi connectivity index (χ3v) is 7.97. The van der Waals surface area contributed by atoms with Crippen molar-refractivity contribution in [3.05, 3.63) is 59.6 Å². The van der Waals surface area contributed by atoms with Crippen molar-refractivity contribution >= 4 is 22.0 Å². The summed E-state index contributed by atoms with van der Waals surface area (Å²) in [7, 11) is -4.04. The standard InChI is InChI=1S/C23H26N4O4S/c1-23-9-8-17-16-5-3-15(31-32(24,29)30)12-14(16)2-4-18(17)19(23)6-7-20(23)22(28)27-21-13-25-10-11-26-21/h3,5,7,10-13,17-19H,2,4,6,8-9H2,1H3,(H2,24,29,30)(H,26,27,28). The lowest BCUT2D eigenvalue weighted by atomic mass is 9.54. The van der Waals surface area contributed by atoms with Crippen LogP contribution in [0.15, 0.2) is 48.4 Å². The van der Waals surface area contributed by atoms with Gasteiger partial charge in [-0.25, -0.2) is 4.98 Å². The lowest BCUT2D eigenvalue weighted by Gasteiger charge is -2.50. The van der Waals surface area contributed by atoms with E-state index >= 15 is 0 Å². The number of amides is 1. The summed E-state index contributed by atoms with van der Waals surface area (Å²) in [5.74, 6) is 1.91. The van der Waals surface area contributed by atoms with Gasteiger partial charge in [0.25, 0.3) is 5.91 Å². The van der Waals surface area contributed by atoms with E-state index < -0.39 is 10.3 Å². The van der Waals surface area contributed by atoms with Gasteiger partial charge < -0.3 is 9.50 Å². The number of aromatic nitrogens is 2. The van der Waals surface area contributed by atoms with Crippen LogP contribution in [0.3, 0.4) is 0 Å². The summed E-state index contributed by atoms with van der Waals surface area (Å²) in [6.07, 6.45) is 11.5. The molecule has 0 radical (unpaired) electrons. The highest BCUT2D eigenvalue weighted by atomic mass is 32.2. The Kier molecular flexibility index (Phi) is 5.05. The molecular weight excluding hydrogens is 428 g/mol. The van der Waals surface area contributed by atoms with Crippen molar-refractivity contribution < 1.29 is 17.4 Å². The molecule has 3 N–H and O–H groups in total. The molecule has 168 valence electrons. The first kappa shape index (κ1) is 21.1. The lowest BCUT2D eigenvalue weighted by molar-refractivity contribution is -0.114. The summed E-state index contributed by atoms with van der Waals surface area (Å²) in [6.45, 7) is 2.22. The van der Waals surface area contributed by atoms with E-state index in [-0.39, 0.29) is 17.1 Å². The molecule has 3 aliphatic rings. The Balaban J connectivity index is 1.36. The van der Waals surface area contributed by atoms with Crippen LogP contribution in [0.2, 0.25) is 0 Å². The number of carbonyl (C=O) groups excluding carboxylic acids is 1. The topological polar surface area (TPSA) is 124 Å². The Labute approximate surface area is 187 Å². The number of aryl methyl sites for hydroxylation is 1. The van der Waals surface area contributed by atoms with E-state index in [2.05, 4.69) is 28.3 Å². The molecule has 1 aromatic heterocycles. The van der Waals surface area contributed by atoms with Crippen molar-refractivity contribution in [3.8, 4) is 5.75 Å². The van der Waals surface area contributed by atoms with E-state index in [4.69, 9.17) is 9.32 Å². The molecule has 0 bridgehead atoms. The molecule has 0 spiro atoms. The van der Waals surface area contributed by atoms with Crippen molar-refractivity contribution in [2.24, 2.45) is 22.4 Å². The summed E-state index contributed by atoms with van der Waals surface area (Å²) in [4.78, 5) is 21.2. The van der Waals surface area contributed by atoms with E-state index in [0.29, 0.717) is 23.6 Å². The summed E-state index contributed by atoms with van der Waals surface area (Å²) >= 11 is 0. The highest BCUT2D eigenvalue weighted by Gasteiger charge is 2.53. The number of anilines is 1. The molecule has 1 fully saturated rings. The summed E-state index contributed by atoms with van der Waals surface area (Å²) in [5, 5.41) is 7.91. The number of carbonyl (C=O) groups is 1. The molecule has 3 aliphatic carbocycles.